The second kappa shape index (κ2) is 6.22. The molecule has 2 rings (SSSR count). The van der Waals surface area contributed by atoms with Crippen molar-refractivity contribution in [3.63, 3.8) is 0 Å². The van der Waals surface area contributed by atoms with Crippen molar-refractivity contribution in [1.29, 1.82) is 0 Å². The molecule has 18 heavy (non-hydrogen) atoms. The van der Waals surface area contributed by atoms with Gasteiger partial charge in [-0.05, 0) is 19.1 Å². The van der Waals surface area contributed by atoms with Crippen molar-refractivity contribution in [3.05, 3.63) is 34.3 Å². The lowest BCUT2D eigenvalue weighted by Crippen LogP contribution is -2.46. The first-order valence-corrected chi connectivity index (χ1v) is 8.07. The van der Waals surface area contributed by atoms with Crippen molar-refractivity contribution < 1.29 is 4.79 Å². The van der Waals surface area contributed by atoms with Gasteiger partial charge in [-0.25, -0.2) is 0 Å². The number of nitrogens with zero attached hydrogens (tertiary/aromatic N) is 1. The third-order valence-electron chi connectivity index (χ3n) is 3.33. The summed E-state index contributed by atoms with van der Waals surface area (Å²) in [5.74, 6) is 1.35. The summed E-state index contributed by atoms with van der Waals surface area (Å²) in [5, 5.41) is 0.624. The van der Waals surface area contributed by atoms with Gasteiger partial charge in [-0.3, -0.25) is 9.69 Å². The minimum Gasteiger partial charge on any atom is -0.292 e. The maximum atomic E-state index is 12.4. The molecule has 0 spiro atoms. The third kappa shape index (κ3) is 3.37. The van der Waals surface area contributed by atoms with Crippen LogP contribution in [0.2, 0.25) is 0 Å². The van der Waals surface area contributed by atoms with Crippen LogP contribution in [0.15, 0.2) is 28.7 Å². The smallest absolute Gasteiger partial charge is 0.179 e. The van der Waals surface area contributed by atoms with Gasteiger partial charge < -0.3 is 0 Å². The van der Waals surface area contributed by atoms with E-state index in [1.165, 1.54) is 0 Å². The van der Waals surface area contributed by atoms with Crippen LogP contribution in [-0.2, 0) is 0 Å². The molecule has 0 saturated carbocycles. The molecule has 0 radical (unpaired) electrons. The number of thioether (sulfide) groups is 1. The Morgan fingerprint density at radius 2 is 2.11 bits per heavy atom. The largest absolute Gasteiger partial charge is 0.292 e. The lowest BCUT2D eigenvalue weighted by molar-refractivity contribution is 0.0844. The Hall–Kier alpha value is -0.320. The molecular formula is C14H18BrNOS. The van der Waals surface area contributed by atoms with Gasteiger partial charge in [-0.2, -0.15) is 11.8 Å². The molecule has 1 heterocycles. The van der Waals surface area contributed by atoms with E-state index in [9.17, 15) is 4.79 Å². The summed E-state index contributed by atoms with van der Waals surface area (Å²) in [7, 11) is 0. The normalized spacial score (nSPS) is 22.7. The minimum atomic E-state index is -0.0190. The maximum absolute atomic E-state index is 12.4. The van der Waals surface area contributed by atoms with Crippen LogP contribution in [-0.4, -0.2) is 40.8 Å². The van der Waals surface area contributed by atoms with Crippen LogP contribution in [0.25, 0.3) is 0 Å². The monoisotopic (exact) mass is 327 g/mol. The fraction of sp³-hybridized carbons (Fsp3) is 0.500. The highest BCUT2D eigenvalue weighted by molar-refractivity contribution is 9.10. The van der Waals surface area contributed by atoms with Gasteiger partial charge in [0, 0.05) is 34.1 Å². The summed E-state index contributed by atoms with van der Waals surface area (Å²) in [6.45, 7) is 6.27. The molecule has 0 N–H and O–H groups in total. The Kier molecular flexibility index (Phi) is 4.87. The van der Waals surface area contributed by atoms with Gasteiger partial charge >= 0.3 is 0 Å². The minimum absolute atomic E-state index is 0.0190. The molecule has 2 nitrogen and oxygen atoms in total. The molecule has 0 aliphatic carbocycles. The fourth-order valence-corrected chi connectivity index (χ4v) is 3.52. The van der Waals surface area contributed by atoms with Crippen molar-refractivity contribution in [2.75, 3.05) is 18.8 Å². The van der Waals surface area contributed by atoms with E-state index in [1.807, 2.05) is 43.0 Å². The molecule has 1 aliphatic rings. The summed E-state index contributed by atoms with van der Waals surface area (Å²) in [6.07, 6.45) is 0. The number of ketones is 1. The van der Waals surface area contributed by atoms with Crippen LogP contribution < -0.4 is 0 Å². The Morgan fingerprint density at radius 1 is 1.44 bits per heavy atom. The molecule has 1 aromatic carbocycles. The molecule has 0 amide bonds. The van der Waals surface area contributed by atoms with E-state index >= 15 is 0 Å². The summed E-state index contributed by atoms with van der Waals surface area (Å²) in [6, 6.07) is 7.62. The average molecular weight is 328 g/mol. The number of benzene rings is 1. The number of hydrogen-bond acceptors (Lipinski definition) is 3. The summed E-state index contributed by atoms with van der Waals surface area (Å²) >= 11 is 5.38. The second-order valence-electron chi connectivity index (χ2n) is 4.72. The van der Waals surface area contributed by atoms with Gasteiger partial charge in [0.05, 0.1) is 6.04 Å². The predicted molar refractivity (Wildman–Crippen MR) is 81.4 cm³/mol. The van der Waals surface area contributed by atoms with Gasteiger partial charge in [0.25, 0.3) is 0 Å². The topological polar surface area (TPSA) is 20.3 Å². The van der Waals surface area contributed by atoms with Gasteiger partial charge in [0.1, 0.15) is 0 Å². The van der Waals surface area contributed by atoms with Crippen LogP contribution in [0, 0.1) is 0 Å². The lowest BCUT2D eigenvalue weighted by atomic mass is 10.0. The van der Waals surface area contributed by atoms with Gasteiger partial charge in [0.2, 0.25) is 0 Å². The summed E-state index contributed by atoms with van der Waals surface area (Å²) in [5.41, 5.74) is 0.802. The van der Waals surface area contributed by atoms with E-state index in [0.29, 0.717) is 5.25 Å². The molecule has 1 aliphatic heterocycles. The highest BCUT2D eigenvalue weighted by atomic mass is 79.9. The Labute approximate surface area is 121 Å². The van der Waals surface area contributed by atoms with E-state index in [0.717, 1.165) is 28.9 Å². The molecule has 4 heteroatoms. The molecule has 1 saturated heterocycles. The Morgan fingerprint density at radius 3 is 2.72 bits per heavy atom. The van der Waals surface area contributed by atoms with Crippen LogP contribution in [0.1, 0.15) is 24.2 Å². The van der Waals surface area contributed by atoms with Crippen molar-refractivity contribution >= 4 is 33.5 Å². The predicted octanol–water partition coefficient (Wildman–Crippen LogP) is 3.46. The molecule has 2 atom stereocenters. The number of carbonyl (C=O) groups is 1. The molecular weight excluding hydrogens is 310 g/mol. The van der Waals surface area contributed by atoms with E-state index in [-0.39, 0.29) is 11.8 Å². The average Bonchev–Trinajstić information content (AvgIpc) is 2.38. The first kappa shape index (κ1) is 14.1. The van der Waals surface area contributed by atoms with Crippen LogP contribution in [0.5, 0.6) is 0 Å². The number of carbonyl (C=O) groups excluding carboxylic acids is 1. The molecule has 0 bridgehead atoms. The van der Waals surface area contributed by atoms with Crippen molar-refractivity contribution in [2.45, 2.75) is 25.1 Å². The zero-order valence-electron chi connectivity index (χ0n) is 10.7. The molecule has 0 aromatic heterocycles. The molecule has 2 unspecified atom stereocenters. The van der Waals surface area contributed by atoms with E-state index in [1.54, 1.807) is 0 Å². The lowest BCUT2D eigenvalue weighted by Gasteiger charge is -2.34. The first-order valence-electron chi connectivity index (χ1n) is 6.23. The van der Waals surface area contributed by atoms with Gasteiger partial charge in [-0.15, -0.1) is 0 Å². The molecule has 1 aromatic rings. The summed E-state index contributed by atoms with van der Waals surface area (Å²) < 4.78 is 1.01. The first-order chi connectivity index (χ1) is 8.58. The van der Waals surface area contributed by atoms with Crippen molar-refractivity contribution in [1.82, 2.24) is 4.90 Å². The van der Waals surface area contributed by atoms with Crippen LogP contribution in [0.3, 0.4) is 0 Å². The highest BCUT2D eigenvalue weighted by Crippen LogP contribution is 2.21. The SMILES string of the molecule is CC1CN(C(C)C(=O)c2ccc(Br)cc2)CCS1. The van der Waals surface area contributed by atoms with Crippen LogP contribution in [0.4, 0.5) is 0 Å². The van der Waals surface area contributed by atoms with Crippen molar-refractivity contribution in [3.8, 4) is 0 Å². The molecule has 98 valence electrons. The Bertz CT molecular complexity index is 420. The quantitative estimate of drug-likeness (QED) is 0.793. The maximum Gasteiger partial charge on any atom is 0.179 e. The third-order valence-corrected chi connectivity index (χ3v) is 4.99. The number of hydrogen-bond donors (Lipinski definition) is 0. The van der Waals surface area contributed by atoms with E-state index in [4.69, 9.17) is 0 Å². The zero-order chi connectivity index (χ0) is 13.1. The Balaban J connectivity index is 2.06. The molecule has 1 fully saturated rings. The standard InChI is InChI=1S/C14H18BrNOS/c1-10-9-16(7-8-18-10)11(2)14(17)12-3-5-13(15)6-4-12/h3-6,10-11H,7-9H2,1-2H3. The highest BCUT2D eigenvalue weighted by Gasteiger charge is 2.26. The summed E-state index contributed by atoms with van der Waals surface area (Å²) in [4.78, 5) is 14.7. The van der Waals surface area contributed by atoms with E-state index in [2.05, 4.69) is 27.8 Å². The zero-order valence-corrected chi connectivity index (χ0v) is 13.1. The van der Waals surface area contributed by atoms with Crippen LogP contribution >= 0.6 is 27.7 Å². The van der Waals surface area contributed by atoms with Gasteiger partial charge in [0.15, 0.2) is 5.78 Å². The fourth-order valence-electron chi connectivity index (χ4n) is 2.22. The number of halogens is 1. The van der Waals surface area contributed by atoms with Crippen molar-refractivity contribution in [2.24, 2.45) is 0 Å². The van der Waals surface area contributed by atoms with E-state index < -0.39 is 0 Å². The second-order valence-corrected chi connectivity index (χ2v) is 7.19. The number of rotatable bonds is 3. The van der Waals surface area contributed by atoms with Gasteiger partial charge in [-0.1, -0.05) is 35.0 Å². The number of Topliss-reactive ketones (excluding diaryl/α,β-unsaturated/α-hetero) is 1.